The van der Waals surface area contributed by atoms with Crippen LogP contribution < -0.4 is 10.0 Å². The molecule has 0 aromatic heterocycles. The van der Waals surface area contributed by atoms with Gasteiger partial charge in [-0.1, -0.05) is 69.3 Å². The molecule has 0 saturated heterocycles. The molecule has 0 radical (unpaired) electrons. The zero-order chi connectivity index (χ0) is 23.5. The van der Waals surface area contributed by atoms with E-state index in [9.17, 15) is 13.2 Å². The van der Waals surface area contributed by atoms with Crippen LogP contribution in [-0.2, 0) is 15.4 Å². The summed E-state index contributed by atoms with van der Waals surface area (Å²) in [6.45, 7) is 10.2. The van der Waals surface area contributed by atoms with E-state index in [1.54, 1.807) is 43.3 Å². The number of amides is 1. The number of nitrogens with one attached hydrogen (secondary N) is 2. The van der Waals surface area contributed by atoms with E-state index >= 15 is 0 Å². The Morgan fingerprint density at radius 1 is 0.906 bits per heavy atom. The standard InChI is InChI=1S/C26H30N2O3S/c1-18-11-12-21(17-24(18)28-32(30,31)23-9-7-6-8-10-23)25(29)27-19(2)20-13-15-22(16-14-20)26(3,4)5/h6-17,19,28H,1-5H3,(H,27,29). The van der Waals surface area contributed by atoms with E-state index in [0.717, 1.165) is 11.1 Å². The summed E-state index contributed by atoms with van der Waals surface area (Å²) in [4.78, 5) is 13.0. The van der Waals surface area contributed by atoms with Gasteiger partial charge in [-0.2, -0.15) is 0 Å². The van der Waals surface area contributed by atoms with Gasteiger partial charge >= 0.3 is 0 Å². The summed E-state index contributed by atoms with van der Waals surface area (Å²) in [6, 6.07) is 21.2. The van der Waals surface area contributed by atoms with Crippen molar-refractivity contribution < 1.29 is 13.2 Å². The first-order chi connectivity index (χ1) is 15.0. The Hall–Kier alpha value is -3.12. The van der Waals surface area contributed by atoms with Crippen LogP contribution in [-0.4, -0.2) is 14.3 Å². The lowest BCUT2D eigenvalue weighted by Gasteiger charge is -2.21. The topological polar surface area (TPSA) is 75.3 Å². The van der Waals surface area contributed by atoms with E-state index in [0.29, 0.717) is 11.3 Å². The fourth-order valence-corrected chi connectivity index (χ4v) is 4.45. The zero-order valence-electron chi connectivity index (χ0n) is 19.1. The molecule has 0 saturated carbocycles. The first kappa shape index (κ1) is 23.5. The quantitative estimate of drug-likeness (QED) is 0.514. The van der Waals surface area contributed by atoms with E-state index in [2.05, 4.69) is 42.9 Å². The molecular formula is C26H30N2O3S. The smallest absolute Gasteiger partial charge is 0.261 e. The highest BCUT2D eigenvalue weighted by Gasteiger charge is 2.18. The van der Waals surface area contributed by atoms with Crippen LogP contribution in [0.25, 0.3) is 0 Å². The third-order valence-corrected chi connectivity index (χ3v) is 6.80. The molecule has 0 aliphatic carbocycles. The van der Waals surface area contributed by atoms with Gasteiger partial charge in [-0.15, -0.1) is 0 Å². The second-order valence-electron chi connectivity index (χ2n) is 9.02. The molecule has 168 valence electrons. The van der Waals surface area contributed by atoms with Crippen molar-refractivity contribution in [3.8, 4) is 0 Å². The normalized spacial score (nSPS) is 12.8. The third kappa shape index (κ3) is 5.56. The molecule has 2 N–H and O–H groups in total. The van der Waals surface area contributed by atoms with E-state index < -0.39 is 10.0 Å². The molecule has 0 aliphatic heterocycles. The lowest BCUT2D eigenvalue weighted by molar-refractivity contribution is 0.0940. The van der Waals surface area contributed by atoms with E-state index in [-0.39, 0.29) is 22.3 Å². The van der Waals surface area contributed by atoms with Gasteiger partial charge in [0.15, 0.2) is 0 Å². The molecule has 6 heteroatoms. The van der Waals surface area contributed by atoms with Crippen molar-refractivity contribution in [2.45, 2.75) is 51.0 Å². The predicted octanol–water partition coefficient (Wildman–Crippen LogP) is 5.58. The van der Waals surface area contributed by atoms with Crippen LogP contribution in [0, 0.1) is 6.92 Å². The summed E-state index contributed by atoms with van der Waals surface area (Å²) in [7, 11) is -3.74. The first-order valence-corrected chi connectivity index (χ1v) is 12.1. The van der Waals surface area contributed by atoms with Gasteiger partial charge in [-0.05, 0) is 60.2 Å². The second kappa shape index (κ2) is 9.17. The number of anilines is 1. The van der Waals surface area contributed by atoms with Crippen molar-refractivity contribution in [3.63, 3.8) is 0 Å². The highest BCUT2D eigenvalue weighted by molar-refractivity contribution is 7.92. The number of rotatable bonds is 6. The first-order valence-electron chi connectivity index (χ1n) is 10.6. The number of carbonyl (C=O) groups is 1. The molecule has 5 nitrogen and oxygen atoms in total. The van der Waals surface area contributed by atoms with Gasteiger partial charge in [0.25, 0.3) is 15.9 Å². The maximum absolute atomic E-state index is 12.9. The van der Waals surface area contributed by atoms with Gasteiger partial charge in [0.1, 0.15) is 0 Å². The molecule has 0 bridgehead atoms. The zero-order valence-corrected chi connectivity index (χ0v) is 20.0. The average Bonchev–Trinajstić information content (AvgIpc) is 2.75. The molecule has 1 atom stereocenters. The van der Waals surface area contributed by atoms with Gasteiger partial charge in [-0.3, -0.25) is 9.52 Å². The maximum atomic E-state index is 12.9. The van der Waals surface area contributed by atoms with E-state index in [1.165, 1.54) is 17.7 Å². The molecule has 0 heterocycles. The van der Waals surface area contributed by atoms with Crippen molar-refractivity contribution in [3.05, 3.63) is 95.1 Å². The molecular weight excluding hydrogens is 420 g/mol. The van der Waals surface area contributed by atoms with Crippen LogP contribution in [0.3, 0.4) is 0 Å². The molecule has 1 unspecified atom stereocenters. The van der Waals surface area contributed by atoms with E-state index in [4.69, 9.17) is 0 Å². The number of benzene rings is 3. The van der Waals surface area contributed by atoms with Crippen molar-refractivity contribution in [2.75, 3.05) is 4.72 Å². The van der Waals surface area contributed by atoms with Crippen LogP contribution in [0.2, 0.25) is 0 Å². The maximum Gasteiger partial charge on any atom is 0.261 e. The minimum absolute atomic E-state index is 0.0659. The Morgan fingerprint density at radius 2 is 1.53 bits per heavy atom. The summed E-state index contributed by atoms with van der Waals surface area (Å²) in [6.07, 6.45) is 0. The highest BCUT2D eigenvalue weighted by Crippen LogP contribution is 2.25. The van der Waals surface area contributed by atoms with Crippen LogP contribution >= 0.6 is 0 Å². The number of sulfonamides is 1. The minimum Gasteiger partial charge on any atom is -0.346 e. The molecule has 0 fully saturated rings. The minimum atomic E-state index is -3.74. The molecule has 3 aromatic rings. The number of carbonyl (C=O) groups excluding carboxylic acids is 1. The number of hydrogen-bond acceptors (Lipinski definition) is 3. The summed E-state index contributed by atoms with van der Waals surface area (Å²) >= 11 is 0. The molecule has 1 amide bonds. The Bertz CT molecular complexity index is 1200. The second-order valence-corrected chi connectivity index (χ2v) is 10.7. The molecule has 3 aromatic carbocycles. The van der Waals surface area contributed by atoms with Crippen LogP contribution in [0.15, 0.2) is 77.7 Å². The highest BCUT2D eigenvalue weighted by atomic mass is 32.2. The fraction of sp³-hybridized carbons (Fsp3) is 0.269. The van der Waals surface area contributed by atoms with E-state index in [1.807, 2.05) is 19.1 Å². The van der Waals surface area contributed by atoms with Gasteiger partial charge < -0.3 is 5.32 Å². The summed E-state index contributed by atoms with van der Waals surface area (Å²) in [5.41, 5.74) is 3.79. The number of aryl methyl sites for hydroxylation is 1. The molecule has 0 spiro atoms. The van der Waals surface area contributed by atoms with Crippen molar-refractivity contribution in [2.24, 2.45) is 0 Å². The summed E-state index contributed by atoms with van der Waals surface area (Å²) < 4.78 is 28.0. The SMILES string of the molecule is Cc1ccc(C(=O)NC(C)c2ccc(C(C)(C)C)cc2)cc1NS(=O)(=O)c1ccccc1. The van der Waals surface area contributed by atoms with Crippen molar-refractivity contribution in [1.82, 2.24) is 5.32 Å². The Morgan fingerprint density at radius 3 is 2.12 bits per heavy atom. The van der Waals surface area contributed by atoms with Crippen molar-refractivity contribution in [1.29, 1.82) is 0 Å². The lowest BCUT2D eigenvalue weighted by Crippen LogP contribution is -2.27. The monoisotopic (exact) mass is 450 g/mol. The third-order valence-electron chi connectivity index (χ3n) is 5.42. The predicted molar refractivity (Wildman–Crippen MR) is 129 cm³/mol. The largest absolute Gasteiger partial charge is 0.346 e. The van der Waals surface area contributed by atoms with Crippen LogP contribution in [0.1, 0.15) is 60.8 Å². The van der Waals surface area contributed by atoms with Crippen molar-refractivity contribution >= 4 is 21.6 Å². The Labute approximate surface area is 190 Å². The molecule has 0 aliphatic rings. The number of hydrogen-bond donors (Lipinski definition) is 2. The van der Waals surface area contributed by atoms with Gasteiger partial charge in [0.2, 0.25) is 0 Å². The summed E-state index contributed by atoms with van der Waals surface area (Å²) in [5.74, 6) is -0.266. The van der Waals surface area contributed by atoms with Gasteiger partial charge in [0, 0.05) is 5.56 Å². The fourth-order valence-electron chi connectivity index (χ4n) is 3.31. The van der Waals surface area contributed by atoms with Gasteiger partial charge in [0.05, 0.1) is 16.6 Å². The molecule has 32 heavy (non-hydrogen) atoms. The molecule has 3 rings (SSSR count). The Balaban J connectivity index is 1.76. The average molecular weight is 451 g/mol. The Kier molecular flexibility index (Phi) is 6.74. The summed E-state index contributed by atoms with van der Waals surface area (Å²) in [5, 5.41) is 3.00. The lowest BCUT2D eigenvalue weighted by atomic mass is 9.86. The van der Waals surface area contributed by atoms with Crippen LogP contribution in [0.5, 0.6) is 0 Å². The van der Waals surface area contributed by atoms with Crippen LogP contribution in [0.4, 0.5) is 5.69 Å². The van der Waals surface area contributed by atoms with Gasteiger partial charge in [-0.25, -0.2) is 8.42 Å².